The number of aromatic nitrogens is 1. The number of likely N-dealkylation sites (N-methyl/N-ethyl adjacent to an activating group) is 1. The summed E-state index contributed by atoms with van der Waals surface area (Å²) in [6.45, 7) is 1.25. The average Bonchev–Trinajstić information content (AvgIpc) is 2.26. The zero-order chi connectivity index (χ0) is 11.3. The summed E-state index contributed by atoms with van der Waals surface area (Å²) in [5.74, 6) is -0.314. The number of pyridine rings is 1. The van der Waals surface area contributed by atoms with E-state index in [9.17, 15) is 4.79 Å². The van der Waals surface area contributed by atoms with Crippen LogP contribution in [0.5, 0.6) is 0 Å². The quantitative estimate of drug-likeness (QED) is 0.781. The van der Waals surface area contributed by atoms with Crippen LogP contribution in [0.25, 0.3) is 0 Å². The number of methoxy groups -OCH3 is 1. The van der Waals surface area contributed by atoms with Crippen molar-refractivity contribution in [3.05, 3.63) is 23.9 Å². The summed E-state index contributed by atoms with van der Waals surface area (Å²) in [7, 11) is 3.46. The normalized spacial score (nSPS) is 10.0. The largest absolute Gasteiger partial charge is 0.478 e. The number of hydrogen-bond donors (Lipinski definition) is 1. The van der Waals surface area contributed by atoms with E-state index in [1.54, 1.807) is 7.11 Å². The van der Waals surface area contributed by atoms with Crippen LogP contribution in [-0.4, -0.2) is 43.4 Å². The average molecular weight is 210 g/mol. The number of anilines is 1. The van der Waals surface area contributed by atoms with Gasteiger partial charge in [0.15, 0.2) is 0 Å². The number of rotatable bonds is 5. The van der Waals surface area contributed by atoms with E-state index in [4.69, 9.17) is 9.84 Å². The van der Waals surface area contributed by atoms with Crippen LogP contribution in [0, 0.1) is 0 Å². The molecule has 0 aliphatic heterocycles. The molecule has 0 spiro atoms. The highest BCUT2D eigenvalue weighted by molar-refractivity contribution is 5.88. The van der Waals surface area contributed by atoms with Crippen LogP contribution in [0.4, 0.5) is 5.82 Å². The zero-order valence-electron chi connectivity index (χ0n) is 8.80. The van der Waals surface area contributed by atoms with Crippen molar-refractivity contribution in [2.45, 2.75) is 0 Å². The van der Waals surface area contributed by atoms with Crippen molar-refractivity contribution in [2.75, 3.05) is 32.2 Å². The Hall–Kier alpha value is -1.62. The third-order valence-corrected chi connectivity index (χ3v) is 2.01. The topological polar surface area (TPSA) is 62.7 Å². The van der Waals surface area contributed by atoms with Crippen molar-refractivity contribution in [3.63, 3.8) is 0 Å². The molecule has 0 saturated heterocycles. The number of nitrogens with zero attached hydrogens (tertiary/aromatic N) is 2. The van der Waals surface area contributed by atoms with Gasteiger partial charge < -0.3 is 14.7 Å². The number of carboxylic acids is 1. The minimum absolute atomic E-state index is 0.240. The lowest BCUT2D eigenvalue weighted by Gasteiger charge is -2.17. The minimum Gasteiger partial charge on any atom is -0.478 e. The highest BCUT2D eigenvalue weighted by atomic mass is 16.5. The van der Waals surface area contributed by atoms with Crippen LogP contribution < -0.4 is 4.90 Å². The van der Waals surface area contributed by atoms with E-state index >= 15 is 0 Å². The highest BCUT2D eigenvalue weighted by Crippen LogP contribution is 2.10. The van der Waals surface area contributed by atoms with Gasteiger partial charge in [-0.15, -0.1) is 0 Å². The van der Waals surface area contributed by atoms with Crippen LogP contribution in [0.3, 0.4) is 0 Å². The van der Waals surface area contributed by atoms with E-state index in [2.05, 4.69) is 4.98 Å². The molecule has 0 saturated carbocycles. The molecule has 1 heterocycles. The van der Waals surface area contributed by atoms with Gasteiger partial charge in [0.2, 0.25) is 0 Å². The summed E-state index contributed by atoms with van der Waals surface area (Å²) in [5.41, 5.74) is 0.240. The molecule has 0 radical (unpaired) electrons. The summed E-state index contributed by atoms with van der Waals surface area (Å²) in [6.07, 6.45) is 1.49. The van der Waals surface area contributed by atoms with E-state index < -0.39 is 5.97 Å². The van der Waals surface area contributed by atoms with Crippen molar-refractivity contribution in [3.8, 4) is 0 Å². The molecule has 0 aliphatic rings. The van der Waals surface area contributed by atoms with E-state index in [0.29, 0.717) is 19.0 Å². The lowest BCUT2D eigenvalue weighted by atomic mass is 10.2. The van der Waals surface area contributed by atoms with Crippen molar-refractivity contribution in [2.24, 2.45) is 0 Å². The molecule has 0 fully saturated rings. The van der Waals surface area contributed by atoms with Crippen molar-refractivity contribution >= 4 is 11.8 Å². The zero-order valence-corrected chi connectivity index (χ0v) is 8.80. The Labute approximate surface area is 88.3 Å². The molecule has 0 unspecified atom stereocenters. The first-order valence-electron chi connectivity index (χ1n) is 4.54. The fourth-order valence-corrected chi connectivity index (χ4v) is 1.10. The van der Waals surface area contributed by atoms with Crippen molar-refractivity contribution < 1.29 is 14.6 Å². The first kappa shape index (κ1) is 11.5. The molecule has 5 heteroatoms. The predicted molar refractivity (Wildman–Crippen MR) is 56.3 cm³/mol. The molecule has 1 rings (SSSR count). The molecule has 15 heavy (non-hydrogen) atoms. The number of carbonyl (C=O) groups is 1. The molecule has 0 aromatic carbocycles. The molecular formula is C10H14N2O3. The fourth-order valence-electron chi connectivity index (χ4n) is 1.10. The Bertz CT molecular complexity index is 341. The van der Waals surface area contributed by atoms with Gasteiger partial charge in [-0.25, -0.2) is 9.78 Å². The Kier molecular flexibility index (Phi) is 4.05. The first-order chi connectivity index (χ1) is 7.15. The maximum Gasteiger partial charge on any atom is 0.335 e. The molecule has 82 valence electrons. The third kappa shape index (κ3) is 3.21. The number of aromatic carboxylic acids is 1. The third-order valence-electron chi connectivity index (χ3n) is 2.01. The molecule has 5 nitrogen and oxygen atoms in total. The number of hydrogen-bond acceptors (Lipinski definition) is 4. The summed E-state index contributed by atoms with van der Waals surface area (Å²) < 4.78 is 4.93. The van der Waals surface area contributed by atoms with Gasteiger partial charge in [-0.1, -0.05) is 0 Å². The maximum atomic E-state index is 10.7. The van der Waals surface area contributed by atoms with Gasteiger partial charge in [0.25, 0.3) is 0 Å². The molecule has 1 aromatic heterocycles. The second-order valence-corrected chi connectivity index (χ2v) is 3.12. The molecule has 0 bridgehead atoms. The summed E-state index contributed by atoms with van der Waals surface area (Å²) >= 11 is 0. The lowest BCUT2D eigenvalue weighted by molar-refractivity contribution is 0.0697. The van der Waals surface area contributed by atoms with Crippen LogP contribution in [0.2, 0.25) is 0 Å². The number of carboxylic acid groups (broad SMARTS) is 1. The van der Waals surface area contributed by atoms with Crippen LogP contribution in [0.15, 0.2) is 18.3 Å². The van der Waals surface area contributed by atoms with E-state index in [-0.39, 0.29) is 5.56 Å². The Morgan fingerprint density at radius 3 is 3.00 bits per heavy atom. The van der Waals surface area contributed by atoms with Gasteiger partial charge in [-0.05, 0) is 12.1 Å². The van der Waals surface area contributed by atoms with Crippen LogP contribution >= 0.6 is 0 Å². The van der Waals surface area contributed by atoms with Gasteiger partial charge in [-0.3, -0.25) is 0 Å². The lowest BCUT2D eigenvalue weighted by Crippen LogP contribution is -2.23. The molecular weight excluding hydrogens is 196 g/mol. The Morgan fingerprint density at radius 1 is 1.67 bits per heavy atom. The molecule has 0 aliphatic carbocycles. The minimum atomic E-state index is -0.946. The Morgan fingerprint density at radius 2 is 2.40 bits per heavy atom. The summed E-state index contributed by atoms with van der Waals surface area (Å²) in [4.78, 5) is 16.6. The van der Waals surface area contributed by atoms with Gasteiger partial charge >= 0.3 is 5.97 Å². The van der Waals surface area contributed by atoms with Crippen LogP contribution in [0.1, 0.15) is 10.4 Å². The SMILES string of the molecule is COCCN(C)c1cc(C(=O)O)ccn1. The highest BCUT2D eigenvalue weighted by Gasteiger charge is 2.06. The van der Waals surface area contributed by atoms with E-state index in [1.807, 2.05) is 11.9 Å². The summed E-state index contributed by atoms with van der Waals surface area (Å²) in [6, 6.07) is 3.01. The van der Waals surface area contributed by atoms with Crippen molar-refractivity contribution in [1.82, 2.24) is 4.98 Å². The predicted octanol–water partition coefficient (Wildman–Crippen LogP) is 0.862. The summed E-state index contributed by atoms with van der Waals surface area (Å²) in [5, 5.41) is 8.80. The van der Waals surface area contributed by atoms with Gasteiger partial charge in [0.05, 0.1) is 12.2 Å². The first-order valence-corrected chi connectivity index (χ1v) is 4.54. The fraction of sp³-hybridized carbons (Fsp3) is 0.400. The van der Waals surface area contributed by atoms with Crippen LogP contribution in [-0.2, 0) is 4.74 Å². The monoisotopic (exact) mass is 210 g/mol. The smallest absolute Gasteiger partial charge is 0.335 e. The van der Waals surface area contributed by atoms with Gasteiger partial charge in [0, 0.05) is 26.9 Å². The molecule has 0 amide bonds. The Balaban J connectivity index is 2.76. The van der Waals surface area contributed by atoms with Gasteiger partial charge in [-0.2, -0.15) is 0 Å². The van der Waals surface area contributed by atoms with E-state index in [0.717, 1.165) is 0 Å². The second kappa shape index (κ2) is 5.31. The van der Waals surface area contributed by atoms with E-state index in [1.165, 1.54) is 18.3 Å². The molecule has 0 atom stereocenters. The number of ether oxygens (including phenoxy) is 1. The second-order valence-electron chi connectivity index (χ2n) is 3.12. The van der Waals surface area contributed by atoms with Gasteiger partial charge in [0.1, 0.15) is 5.82 Å². The molecule has 1 aromatic rings. The van der Waals surface area contributed by atoms with Crippen molar-refractivity contribution in [1.29, 1.82) is 0 Å². The molecule has 1 N–H and O–H groups in total. The maximum absolute atomic E-state index is 10.7. The standard InChI is InChI=1S/C10H14N2O3/c1-12(5-6-15-2)9-7-8(10(13)14)3-4-11-9/h3-4,7H,5-6H2,1-2H3,(H,13,14).